The molecule has 0 saturated carbocycles. The van der Waals surface area contributed by atoms with Crippen LogP contribution in [0.3, 0.4) is 0 Å². The summed E-state index contributed by atoms with van der Waals surface area (Å²) in [7, 11) is 0. The van der Waals surface area contributed by atoms with E-state index in [0.717, 1.165) is 0 Å². The molecular formula is C11H11N3O3. The molecule has 3 rings (SSSR count). The van der Waals surface area contributed by atoms with Crippen LogP contribution in [0.25, 0.3) is 11.6 Å². The molecule has 1 amide bonds. The number of amides is 1. The van der Waals surface area contributed by atoms with Crippen LogP contribution in [0.2, 0.25) is 0 Å². The van der Waals surface area contributed by atoms with E-state index >= 15 is 0 Å². The Bertz CT molecular complexity index is 526. The van der Waals surface area contributed by atoms with Crippen molar-refractivity contribution in [3.05, 3.63) is 24.3 Å². The van der Waals surface area contributed by atoms with Gasteiger partial charge in [0.15, 0.2) is 5.76 Å². The van der Waals surface area contributed by atoms with Gasteiger partial charge in [-0.25, -0.2) is 0 Å². The lowest BCUT2D eigenvalue weighted by Crippen LogP contribution is -2.47. The Labute approximate surface area is 97.2 Å². The summed E-state index contributed by atoms with van der Waals surface area (Å²) in [6.07, 6.45) is 1.56. The highest BCUT2D eigenvalue weighted by Crippen LogP contribution is 2.27. The molecule has 0 atom stereocenters. The molecular weight excluding hydrogens is 222 g/mol. The van der Waals surface area contributed by atoms with Crippen LogP contribution in [-0.2, 0) is 4.79 Å². The zero-order valence-corrected chi connectivity index (χ0v) is 9.29. The van der Waals surface area contributed by atoms with Gasteiger partial charge in [-0.3, -0.25) is 4.79 Å². The third kappa shape index (κ3) is 1.71. The third-order valence-corrected chi connectivity index (χ3v) is 2.86. The third-order valence-electron chi connectivity index (χ3n) is 2.86. The molecule has 0 unspecified atom stereocenters. The summed E-state index contributed by atoms with van der Waals surface area (Å²) in [6.45, 7) is 2.85. The molecule has 0 N–H and O–H groups in total. The standard InChI is InChI=1S/C11H11N3O3/c1-7(15)14-5-8(6-14)11-12-10(13-17-11)9-3-2-4-16-9/h2-4,8H,5-6H2,1H3. The minimum atomic E-state index is 0.0759. The summed E-state index contributed by atoms with van der Waals surface area (Å²) in [5.74, 6) is 1.82. The highest BCUT2D eigenvalue weighted by molar-refractivity contribution is 5.74. The molecule has 6 nitrogen and oxygen atoms in total. The van der Waals surface area contributed by atoms with Crippen molar-refractivity contribution in [1.29, 1.82) is 0 Å². The summed E-state index contributed by atoms with van der Waals surface area (Å²) in [4.78, 5) is 17.0. The fourth-order valence-electron chi connectivity index (χ4n) is 1.80. The van der Waals surface area contributed by atoms with Gasteiger partial charge in [-0.05, 0) is 12.1 Å². The van der Waals surface area contributed by atoms with E-state index in [0.29, 0.717) is 30.6 Å². The van der Waals surface area contributed by atoms with E-state index in [1.165, 1.54) is 0 Å². The van der Waals surface area contributed by atoms with E-state index in [9.17, 15) is 4.79 Å². The molecule has 1 aliphatic heterocycles. The highest BCUT2D eigenvalue weighted by atomic mass is 16.5. The van der Waals surface area contributed by atoms with Crippen molar-refractivity contribution >= 4 is 5.91 Å². The fourth-order valence-corrected chi connectivity index (χ4v) is 1.80. The van der Waals surface area contributed by atoms with E-state index in [1.807, 2.05) is 0 Å². The van der Waals surface area contributed by atoms with Gasteiger partial charge in [0.1, 0.15) is 0 Å². The zero-order chi connectivity index (χ0) is 11.8. The molecule has 88 valence electrons. The normalized spacial score (nSPS) is 15.9. The SMILES string of the molecule is CC(=O)N1CC(c2nc(-c3ccco3)no2)C1. The smallest absolute Gasteiger partial charge is 0.238 e. The molecule has 0 spiro atoms. The molecule has 2 aromatic heterocycles. The second kappa shape index (κ2) is 3.73. The summed E-state index contributed by atoms with van der Waals surface area (Å²) in [5.41, 5.74) is 0. The van der Waals surface area contributed by atoms with E-state index in [4.69, 9.17) is 8.94 Å². The zero-order valence-electron chi connectivity index (χ0n) is 9.29. The van der Waals surface area contributed by atoms with E-state index in [1.54, 1.807) is 30.2 Å². The predicted molar refractivity (Wildman–Crippen MR) is 57.0 cm³/mol. The Kier molecular flexibility index (Phi) is 2.21. The molecule has 2 aromatic rings. The number of hydrogen-bond acceptors (Lipinski definition) is 5. The predicted octanol–water partition coefficient (Wildman–Crippen LogP) is 1.28. The number of aromatic nitrogens is 2. The first kappa shape index (κ1) is 10.1. The van der Waals surface area contributed by atoms with Gasteiger partial charge < -0.3 is 13.8 Å². The largest absolute Gasteiger partial charge is 0.461 e. The summed E-state index contributed by atoms with van der Waals surface area (Å²) >= 11 is 0. The van der Waals surface area contributed by atoms with Gasteiger partial charge in [0.25, 0.3) is 0 Å². The Morgan fingerprint density at radius 1 is 1.53 bits per heavy atom. The molecule has 6 heteroatoms. The minimum Gasteiger partial charge on any atom is -0.461 e. The Morgan fingerprint density at radius 2 is 2.35 bits per heavy atom. The van der Waals surface area contributed by atoms with Crippen molar-refractivity contribution < 1.29 is 13.7 Å². The maximum absolute atomic E-state index is 11.0. The van der Waals surface area contributed by atoms with Crippen LogP contribution < -0.4 is 0 Å². The summed E-state index contributed by atoms with van der Waals surface area (Å²) in [6, 6.07) is 3.55. The molecule has 0 aromatic carbocycles. The molecule has 17 heavy (non-hydrogen) atoms. The van der Waals surface area contributed by atoms with Gasteiger partial charge in [0.05, 0.1) is 12.2 Å². The lowest BCUT2D eigenvalue weighted by atomic mass is 10.0. The topological polar surface area (TPSA) is 72.4 Å². The van der Waals surface area contributed by atoms with Crippen LogP contribution in [0.4, 0.5) is 0 Å². The van der Waals surface area contributed by atoms with Crippen molar-refractivity contribution in [3.8, 4) is 11.6 Å². The van der Waals surface area contributed by atoms with Crippen molar-refractivity contribution in [2.45, 2.75) is 12.8 Å². The van der Waals surface area contributed by atoms with Crippen LogP contribution in [0.1, 0.15) is 18.7 Å². The average Bonchev–Trinajstić information content (AvgIpc) is 2.82. The first-order chi connectivity index (χ1) is 8.24. The number of likely N-dealkylation sites (tertiary alicyclic amines) is 1. The Morgan fingerprint density at radius 3 is 3.00 bits per heavy atom. The molecule has 1 fully saturated rings. The molecule has 0 aliphatic carbocycles. The van der Waals surface area contributed by atoms with E-state index < -0.39 is 0 Å². The van der Waals surface area contributed by atoms with Crippen LogP contribution in [0.15, 0.2) is 27.3 Å². The summed E-state index contributed by atoms with van der Waals surface area (Å²) in [5, 5.41) is 3.85. The lowest BCUT2D eigenvalue weighted by Gasteiger charge is -2.36. The lowest BCUT2D eigenvalue weighted by molar-refractivity contribution is -0.133. The van der Waals surface area contributed by atoms with Gasteiger partial charge in [-0.15, -0.1) is 0 Å². The number of rotatable bonds is 2. The second-order valence-corrected chi connectivity index (χ2v) is 4.05. The number of furan rings is 1. The maximum Gasteiger partial charge on any atom is 0.238 e. The number of hydrogen-bond donors (Lipinski definition) is 0. The maximum atomic E-state index is 11.0. The molecule has 0 bridgehead atoms. The van der Waals surface area contributed by atoms with Crippen LogP contribution >= 0.6 is 0 Å². The van der Waals surface area contributed by atoms with Gasteiger partial charge in [-0.2, -0.15) is 4.98 Å². The van der Waals surface area contributed by atoms with Gasteiger partial charge in [-0.1, -0.05) is 5.16 Å². The number of nitrogens with zero attached hydrogens (tertiary/aromatic N) is 3. The molecule has 1 aliphatic rings. The van der Waals surface area contributed by atoms with Crippen molar-refractivity contribution in [2.75, 3.05) is 13.1 Å². The highest BCUT2D eigenvalue weighted by Gasteiger charge is 2.34. The average molecular weight is 233 g/mol. The van der Waals surface area contributed by atoms with Crippen LogP contribution in [-0.4, -0.2) is 34.0 Å². The first-order valence-electron chi connectivity index (χ1n) is 5.37. The monoisotopic (exact) mass is 233 g/mol. The van der Waals surface area contributed by atoms with Crippen molar-refractivity contribution in [2.24, 2.45) is 0 Å². The minimum absolute atomic E-state index is 0.0759. The van der Waals surface area contributed by atoms with Gasteiger partial charge >= 0.3 is 0 Å². The van der Waals surface area contributed by atoms with Crippen LogP contribution in [0, 0.1) is 0 Å². The molecule has 3 heterocycles. The Hall–Kier alpha value is -2.11. The molecule has 1 saturated heterocycles. The second-order valence-electron chi connectivity index (χ2n) is 4.05. The first-order valence-corrected chi connectivity index (χ1v) is 5.37. The van der Waals surface area contributed by atoms with Crippen molar-refractivity contribution in [1.82, 2.24) is 15.0 Å². The van der Waals surface area contributed by atoms with Gasteiger partial charge in [0.2, 0.25) is 17.6 Å². The summed E-state index contributed by atoms with van der Waals surface area (Å²) < 4.78 is 10.3. The number of carbonyl (C=O) groups is 1. The molecule has 0 radical (unpaired) electrons. The quantitative estimate of drug-likeness (QED) is 0.781. The number of carbonyl (C=O) groups excluding carboxylic acids is 1. The van der Waals surface area contributed by atoms with E-state index in [-0.39, 0.29) is 11.8 Å². The van der Waals surface area contributed by atoms with Crippen LogP contribution in [0.5, 0.6) is 0 Å². The van der Waals surface area contributed by atoms with E-state index in [2.05, 4.69) is 10.1 Å². The Balaban J connectivity index is 1.72. The van der Waals surface area contributed by atoms with Crippen molar-refractivity contribution in [3.63, 3.8) is 0 Å². The van der Waals surface area contributed by atoms with Gasteiger partial charge in [0, 0.05) is 20.0 Å². The fraction of sp³-hybridized carbons (Fsp3) is 0.364.